The van der Waals surface area contributed by atoms with Gasteiger partial charge < -0.3 is 9.97 Å². The summed E-state index contributed by atoms with van der Waals surface area (Å²) in [4.78, 5) is 21.8. The van der Waals surface area contributed by atoms with Gasteiger partial charge in [0.1, 0.15) is 5.69 Å². The Bertz CT molecular complexity index is 556. The summed E-state index contributed by atoms with van der Waals surface area (Å²) in [6, 6.07) is 3.37. The topological polar surface area (TPSA) is 61.5 Å². The Balaban J connectivity index is 2.45. The van der Waals surface area contributed by atoms with Crippen LogP contribution < -0.4 is 0 Å². The molecule has 0 aromatic carbocycles. The van der Waals surface area contributed by atoms with Crippen molar-refractivity contribution in [3.05, 3.63) is 46.2 Å². The molecule has 0 unspecified atom stereocenters. The van der Waals surface area contributed by atoms with Gasteiger partial charge in [-0.3, -0.25) is 9.78 Å². The minimum atomic E-state index is -0.0633. The molecule has 82 valence electrons. The summed E-state index contributed by atoms with van der Waals surface area (Å²) in [5, 5.41) is 0. The minimum Gasteiger partial charge on any atom is -0.334 e. The van der Waals surface area contributed by atoms with E-state index in [0.717, 1.165) is 12.1 Å². The van der Waals surface area contributed by atoms with Crippen molar-refractivity contribution in [1.82, 2.24) is 15.0 Å². The van der Waals surface area contributed by atoms with Crippen LogP contribution in [0.15, 0.2) is 24.5 Å². The van der Waals surface area contributed by atoms with Crippen LogP contribution in [0.5, 0.6) is 0 Å². The van der Waals surface area contributed by atoms with Crippen molar-refractivity contribution in [1.29, 1.82) is 0 Å². The van der Waals surface area contributed by atoms with E-state index >= 15 is 0 Å². The first-order valence-electron chi connectivity index (χ1n) is 4.98. The van der Waals surface area contributed by atoms with E-state index in [1.165, 1.54) is 0 Å². The lowest BCUT2D eigenvalue weighted by Crippen LogP contribution is -2.05. The van der Waals surface area contributed by atoms with Crippen LogP contribution in [0.1, 0.15) is 28.7 Å². The highest BCUT2D eigenvalue weighted by Crippen LogP contribution is 2.11. The lowest BCUT2D eigenvalue weighted by atomic mass is 10.1. The molecule has 2 rings (SSSR count). The van der Waals surface area contributed by atoms with E-state index in [9.17, 15) is 4.79 Å². The highest BCUT2D eigenvalue weighted by molar-refractivity contribution is 7.71. The molecule has 0 bridgehead atoms. The maximum Gasteiger partial charge on any atom is 0.211 e. The zero-order valence-corrected chi connectivity index (χ0v) is 9.60. The smallest absolute Gasteiger partial charge is 0.211 e. The third-order valence-corrected chi connectivity index (χ3v) is 2.53. The number of aromatic nitrogens is 3. The number of ketones is 1. The minimum absolute atomic E-state index is 0.0633. The molecule has 2 N–H and O–H groups in total. The van der Waals surface area contributed by atoms with Gasteiger partial charge in [-0.2, -0.15) is 0 Å². The number of nitrogens with zero attached hydrogens (tertiary/aromatic N) is 1. The molecule has 4 nitrogen and oxygen atoms in total. The molecule has 0 saturated heterocycles. The number of carbonyl (C=O) groups excluding carboxylic acids is 1. The Labute approximate surface area is 97.8 Å². The first kappa shape index (κ1) is 10.8. The predicted molar refractivity (Wildman–Crippen MR) is 63.0 cm³/mol. The van der Waals surface area contributed by atoms with Gasteiger partial charge in [0, 0.05) is 23.7 Å². The molecule has 2 aromatic rings. The van der Waals surface area contributed by atoms with Gasteiger partial charge in [0.25, 0.3) is 0 Å². The Morgan fingerprint density at radius 3 is 2.69 bits per heavy atom. The Morgan fingerprint density at radius 2 is 2.06 bits per heavy atom. The van der Waals surface area contributed by atoms with Crippen molar-refractivity contribution < 1.29 is 4.79 Å². The molecule has 16 heavy (non-hydrogen) atoms. The summed E-state index contributed by atoms with van der Waals surface area (Å²) < 4.78 is 0.481. The number of imidazole rings is 1. The van der Waals surface area contributed by atoms with Crippen molar-refractivity contribution in [2.45, 2.75) is 13.3 Å². The van der Waals surface area contributed by atoms with Crippen molar-refractivity contribution in [2.24, 2.45) is 0 Å². The standard InChI is InChI=1S/C11H11N3OS/c1-2-8-9(14-11(16)13-8)10(15)7-3-5-12-6-4-7/h3-6H,2H2,1H3,(H2,13,14,16). The van der Waals surface area contributed by atoms with Crippen LogP contribution in [-0.2, 0) is 6.42 Å². The summed E-state index contributed by atoms with van der Waals surface area (Å²) in [5.74, 6) is -0.0633. The van der Waals surface area contributed by atoms with E-state index in [2.05, 4.69) is 15.0 Å². The first-order valence-corrected chi connectivity index (χ1v) is 5.39. The molecule has 5 heteroatoms. The quantitative estimate of drug-likeness (QED) is 0.631. The Hall–Kier alpha value is -1.75. The Kier molecular flexibility index (Phi) is 2.96. The maximum absolute atomic E-state index is 12.1. The molecule has 2 heterocycles. The molecule has 0 aliphatic carbocycles. The zero-order chi connectivity index (χ0) is 11.5. The van der Waals surface area contributed by atoms with E-state index in [0.29, 0.717) is 16.0 Å². The molecule has 0 saturated carbocycles. The van der Waals surface area contributed by atoms with Crippen LogP contribution in [0.2, 0.25) is 0 Å². The number of hydrogen-bond acceptors (Lipinski definition) is 3. The highest BCUT2D eigenvalue weighted by Gasteiger charge is 2.14. The van der Waals surface area contributed by atoms with Crippen LogP contribution in [0.3, 0.4) is 0 Å². The van der Waals surface area contributed by atoms with Crippen LogP contribution in [-0.4, -0.2) is 20.7 Å². The largest absolute Gasteiger partial charge is 0.334 e. The summed E-state index contributed by atoms with van der Waals surface area (Å²) >= 11 is 4.98. The van der Waals surface area contributed by atoms with Crippen LogP contribution >= 0.6 is 12.2 Å². The van der Waals surface area contributed by atoms with Gasteiger partial charge in [-0.05, 0) is 30.8 Å². The molecule has 0 radical (unpaired) electrons. The molecule has 0 aliphatic rings. The number of nitrogens with one attached hydrogen (secondary N) is 2. The van der Waals surface area contributed by atoms with E-state index in [1.54, 1.807) is 24.5 Å². The van der Waals surface area contributed by atoms with Gasteiger partial charge in [-0.1, -0.05) is 6.92 Å². The SMILES string of the molecule is CCc1[nH]c(=S)[nH]c1C(=O)c1ccncc1. The third-order valence-electron chi connectivity index (χ3n) is 2.33. The second-order valence-electron chi connectivity index (χ2n) is 3.35. The molecule has 0 aliphatic heterocycles. The summed E-state index contributed by atoms with van der Waals surface area (Å²) in [5.41, 5.74) is 1.99. The van der Waals surface area contributed by atoms with Crippen LogP contribution in [0.25, 0.3) is 0 Å². The fourth-order valence-electron chi connectivity index (χ4n) is 1.53. The summed E-state index contributed by atoms with van der Waals surface area (Å²) in [7, 11) is 0. The maximum atomic E-state index is 12.1. The molecular weight excluding hydrogens is 222 g/mol. The van der Waals surface area contributed by atoms with Crippen molar-refractivity contribution in [3.8, 4) is 0 Å². The molecule has 0 spiro atoms. The van der Waals surface area contributed by atoms with E-state index in [-0.39, 0.29) is 5.78 Å². The van der Waals surface area contributed by atoms with Gasteiger partial charge in [0.05, 0.1) is 0 Å². The van der Waals surface area contributed by atoms with E-state index in [1.807, 2.05) is 6.92 Å². The average Bonchev–Trinajstić information content (AvgIpc) is 2.70. The molecular formula is C11H11N3OS. The summed E-state index contributed by atoms with van der Waals surface area (Å²) in [6.45, 7) is 1.97. The van der Waals surface area contributed by atoms with Gasteiger partial charge in [-0.25, -0.2) is 0 Å². The average molecular weight is 233 g/mol. The number of aromatic amines is 2. The predicted octanol–water partition coefficient (Wildman–Crippen LogP) is 2.26. The van der Waals surface area contributed by atoms with Crippen LogP contribution in [0, 0.1) is 4.77 Å². The van der Waals surface area contributed by atoms with Gasteiger partial charge in [0.15, 0.2) is 4.77 Å². The van der Waals surface area contributed by atoms with Crippen molar-refractivity contribution >= 4 is 18.0 Å². The fraction of sp³-hybridized carbons (Fsp3) is 0.182. The lowest BCUT2D eigenvalue weighted by molar-refractivity contribution is 0.103. The fourth-order valence-corrected chi connectivity index (χ4v) is 1.75. The van der Waals surface area contributed by atoms with Crippen molar-refractivity contribution in [2.75, 3.05) is 0 Å². The van der Waals surface area contributed by atoms with Gasteiger partial charge in [0.2, 0.25) is 5.78 Å². The molecule has 0 amide bonds. The summed E-state index contributed by atoms with van der Waals surface area (Å²) in [6.07, 6.45) is 3.93. The van der Waals surface area contributed by atoms with Gasteiger partial charge >= 0.3 is 0 Å². The highest BCUT2D eigenvalue weighted by atomic mass is 32.1. The van der Waals surface area contributed by atoms with E-state index < -0.39 is 0 Å². The van der Waals surface area contributed by atoms with Crippen molar-refractivity contribution in [3.63, 3.8) is 0 Å². The monoisotopic (exact) mass is 233 g/mol. The normalized spacial score (nSPS) is 10.3. The molecule has 0 atom stereocenters. The number of pyridine rings is 1. The second kappa shape index (κ2) is 4.40. The molecule has 0 fully saturated rings. The van der Waals surface area contributed by atoms with E-state index in [4.69, 9.17) is 12.2 Å². The lowest BCUT2D eigenvalue weighted by Gasteiger charge is -1.99. The Morgan fingerprint density at radius 1 is 1.38 bits per heavy atom. The molecule has 2 aromatic heterocycles. The second-order valence-corrected chi connectivity index (χ2v) is 3.76. The number of carbonyl (C=O) groups is 1. The number of rotatable bonds is 3. The van der Waals surface area contributed by atoms with Crippen LogP contribution in [0.4, 0.5) is 0 Å². The van der Waals surface area contributed by atoms with Gasteiger partial charge in [-0.15, -0.1) is 0 Å². The third kappa shape index (κ3) is 1.94. The number of H-pyrrole nitrogens is 2. The number of hydrogen-bond donors (Lipinski definition) is 2. The first-order chi connectivity index (χ1) is 7.72. The zero-order valence-electron chi connectivity index (χ0n) is 8.78. The number of aryl methyl sites for hydroxylation is 1.